The fourth-order valence-corrected chi connectivity index (χ4v) is 2.18. The van der Waals surface area contributed by atoms with Crippen molar-refractivity contribution in [1.29, 1.82) is 0 Å². The molecule has 0 aromatic heterocycles. The van der Waals surface area contributed by atoms with Crippen LogP contribution in [0.2, 0.25) is 0 Å². The highest BCUT2D eigenvalue weighted by atomic mass is 127. The summed E-state index contributed by atoms with van der Waals surface area (Å²) in [4.78, 5) is 4.28. The third-order valence-corrected chi connectivity index (χ3v) is 3.40. The first-order valence-electron chi connectivity index (χ1n) is 7.13. The highest BCUT2D eigenvalue weighted by Crippen LogP contribution is 2.29. The van der Waals surface area contributed by atoms with Gasteiger partial charge in [0.1, 0.15) is 0 Å². The molecule has 0 radical (unpaired) electrons. The first kappa shape index (κ1) is 19.8. The number of rotatable bonds is 6. The van der Waals surface area contributed by atoms with Crippen LogP contribution in [0.25, 0.3) is 0 Å². The number of methoxy groups -OCH3 is 2. The number of nitrogens with zero attached hydrogens (tertiary/aromatic N) is 1. The van der Waals surface area contributed by atoms with Crippen LogP contribution in [0, 0.1) is 0 Å². The van der Waals surface area contributed by atoms with Crippen molar-refractivity contribution < 1.29 is 18.9 Å². The third kappa shape index (κ3) is 5.70. The van der Waals surface area contributed by atoms with Crippen molar-refractivity contribution in [1.82, 2.24) is 0 Å². The van der Waals surface area contributed by atoms with E-state index in [0.29, 0.717) is 43.6 Å². The van der Waals surface area contributed by atoms with Crippen molar-refractivity contribution in [3.63, 3.8) is 0 Å². The Morgan fingerprint density at radius 3 is 2.52 bits per heavy atom. The van der Waals surface area contributed by atoms with Crippen LogP contribution in [0.1, 0.15) is 13.3 Å². The van der Waals surface area contributed by atoms with E-state index in [1.54, 1.807) is 26.4 Å². The zero-order valence-electron chi connectivity index (χ0n) is 13.6. The molecular formula is C15H24IN3O4. The lowest BCUT2D eigenvalue weighted by Crippen LogP contribution is -2.28. The summed E-state index contributed by atoms with van der Waals surface area (Å²) in [6.07, 6.45) is 0.654. The lowest BCUT2D eigenvalue weighted by Gasteiger charge is -2.20. The van der Waals surface area contributed by atoms with Gasteiger partial charge in [-0.2, -0.15) is 0 Å². The summed E-state index contributed by atoms with van der Waals surface area (Å²) >= 11 is 0. The number of aliphatic imine (C=N–C) groups is 1. The molecule has 1 saturated heterocycles. The second kappa shape index (κ2) is 9.14. The molecule has 3 N–H and O–H groups in total. The fraction of sp³-hybridized carbons (Fsp3) is 0.533. The summed E-state index contributed by atoms with van der Waals surface area (Å²) in [5.41, 5.74) is 6.66. The summed E-state index contributed by atoms with van der Waals surface area (Å²) < 4.78 is 21.5. The van der Waals surface area contributed by atoms with Crippen LogP contribution >= 0.6 is 24.0 Å². The van der Waals surface area contributed by atoms with Gasteiger partial charge in [0.2, 0.25) is 0 Å². The standard InChI is InChI=1S/C15H23N3O4.HI/c1-15(21-8-9-22-15)6-7-17-14(16)18-11-4-5-12(19-2)13(10-11)20-3;/h4-5,10H,6-9H2,1-3H3,(H3,16,17,18);1H. The first-order valence-corrected chi connectivity index (χ1v) is 7.13. The van der Waals surface area contributed by atoms with E-state index in [1.807, 2.05) is 13.0 Å². The van der Waals surface area contributed by atoms with Gasteiger partial charge in [-0.3, -0.25) is 4.99 Å². The van der Waals surface area contributed by atoms with Crippen molar-refractivity contribution in [2.24, 2.45) is 10.7 Å². The lowest BCUT2D eigenvalue weighted by molar-refractivity contribution is -0.144. The average molecular weight is 437 g/mol. The number of anilines is 1. The summed E-state index contributed by atoms with van der Waals surface area (Å²) in [7, 11) is 3.18. The van der Waals surface area contributed by atoms with Gasteiger partial charge in [0, 0.05) is 24.7 Å². The van der Waals surface area contributed by atoms with Gasteiger partial charge in [-0.05, 0) is 19.1 Å². The average Bonchev–Trinajstić information content (AvgIpc) is 2.93. The van der Waals surface area contributed by atoms with E-state index in [0.717, 1.165) is 5.69 Å². The van der Waals surface area contributed by atoms with Crippen LogP contribution in [0.4, 0.5) is 5.69 Å². The number of hydrogen-bond acceptors (Lipinski definition) is 5. The van der Waals surface area contributed by atoms with E-state index in [2.05, 4.69) is 10.3 Å². The molecule has 130 valence electrons. The molecule has 0 bridgehead atoms. The summed E-state index contributed by atoms with van der Waals surface area (Å²) in [5.74, 6) is 1.06. The molecule has 1 aromatic rings. The molecule has 23 heavy (non-hydrogen) atoms. The fourth-order valence-electron chi connectivity index (χ4n) is 2.18. The van der Waals surface area contributed by atoms with Gasteiger partial charge in [-0.25, -0.2) is 0 Å². The van der Waals surface area contributed by atoms with Gasteiger partial charge in [-0.1, -0.05) is 0 Å². The summed E-state index contributed by atoms with van der Waals surface area (Å²) in [6, 6.07) is 5.44. The van der Waals surface area contributed by atoms with Crippen molar-refractivity contribution in [2.45, 2.75) is 19.1 Å². The Bertz CT molecular complexity index is 533. The number of nitrogens with two attached hydrogens (primary N) is 1. The second-order valence-electron chi connectivity index (χ2n) is 5.04. The molecule has 0 aliphatic carbocycles. The van der Waals surface area contributed by atoms with Crippen LogP contribution in [0.5, 0.6) is 11.5 Å². The van der Waals surface area contributed by atoms with E-state index in [9.17, 15) is 0 Å². The Balaban J connectivity index is 0.00000264. The van der Waals surface area contributed by atoms with Gasteiger partial charge in [-0.15, -0.1) is 24.0 Å². The topological polar surface area (TPSA) is 87.3 Å². The highest BCUT2D eigenvalue weighted by Gasteiger charge is 2.30. The van der Waals surface area contributed by atoms with E-state index in [4.69, 9.17) is 24.7 Å². The Hall–Kier alpha value is -1.26. The normalized spacial score (nSPS) is 16.6. The van der Waals surface area contributed by atoms with Crippen LogP contribution in [-0.4, -0.2) is 45.7 Å². The van der Waals surface area contributed by atoms with Gasteiger partial charge < -0.3 is 30.0 Å². The molecule has 1 aromatic carbocycles. The second-order valence-corrected chi connectivity index (χ2v) is 5.04. The Morgan fingerprint density at radius 1 is 1.26 bits per heavy atom. The maximum Gasteiger partial charge on any atom is 0.193 e. The Morgan fingerprint density at radius 2 is 1.91 bits per heavy atom. The number of guanidine groups is 1. The molecule has 0 atom stereocenters. The van der Waals surface area contributed by atoms with Gasteiger partial charge in [0.15, 0.2) is 23.2 Å². The molecule has 1 aliphatic rings. The number of hydrogen-bond donors (Lipinski definition) is 2. The van der Waals surface area contributed by atoms with E-state index in [1.165, 1.54) is 0 Å². The molecule has 0 unspecified atom stereocenters. The minimum Gasteiger partial charge on any atom is -0.493 e. The molecule has 1 heterocycles. The largest absolute Gasteiger partial charge is 0.493 e. The molecule has 0 saturated carbocycles. The highest BCUT2D eigenvalue weighted by molar-refractivity contribution is 14.0. The van der Waals surface area contributed by atoms with Gasteiger partial charge >= 0.3 is 0 Å². The van der Waals surface area contributed by atoms with Crippen molar-refractivity contribution in [3.8, 4) is 11.5 Å². The summed E-state index contributed by atoms with van der Waals surface area (Å²) in [6.45, 7) is 3.68. The lowest BCUT2D eigenvalue weighted by atomic mass is 10.2. The minimum absolute atomic E-state index is 0. The quantitative estimate of drug-likeness (QED) is 0.403. The van der Waals surface area contributed by atoms with Crippen LogP contribution in [-0.2, 0) is 9.47 Å². The van der Waals surface area contributed by atoms with Crippen LogP contribution < -0.4 is 20.5 Å². The van der Waals surface area contributed by atoms with Gasteiger partial charge in [0.25, 0.3) is 0 Å². The Kier molecular flexibility index (Phi) is 7.86. The Labute approximate surface area is 153 Å². The number of benzene rings is 1. The maximum absolute atomic E-state index is 5.88. The van der Waals surface area contributed by atoms with Crippen LogP contribution in [0.3, 0.4) is 0 Å². The number of halogens is 1. The minimum atomic E-state index is -0.548. The maximum atomic E-state index is 5.88. The molecule has 2 rings (SSSR count). The van der Waals surface area contributed by atoms with E-state index >= 15 is 0 Å². The molecule has 1 fully saturated rings. The number of nitrogens with one attached hydrogen (secondary N) is 1. The van der Waals surface area contributed by atoms with E-state index < -0.39 is 5.79 Å². The zero-order chi connectivity index (χ0) is 16.0. The molecule has 0 spiro atoms. The zero-order valence-corrected chi connectivity index (χ0v) is 16.0. The van der Waals surface area contributed by atoms with Gasteiger partial charge in [0.05, 0.1) is 27.4 Å². The molecule has 0 amide bonds. The van der Waals surface area contributed by atoms with Crippen LogP contribution in [0.15, 0.2) is 23.2 Å². The predicted octanol–water partition coefficient (Wildman–Crippen LogP) is 2.20. The molecule has 7 nitrogen and oxygen atoms in total. The molecule has 1 aliphatic heterocycles. The first-order chi connectivity index (χ1) is 10.6. The SMILES string of the molecule is COc1ccc(NC(N)=NCCC2(C)OCCO2)cc1OC.I. The third-order valence-electron chi connectivity index (χ3n) is 3.40. The van der Waals surface area contributed by atoms with E-state index in [-0.39, 0.29) is 24.0 Å². The van der Waals surface area contributed by atoms with Crippen molar-refractivity contribution in [2.75, 3.05) is 39.3 Å². The van der Waals surface area contributed by atoms with Crippen molar-refractivity contribution in [3.05, 3.63) is 18.2 Å². The van der Waals surface area contributed by atoms with Crippen molar-refractivity contribution >= 4 is 35.6 Å². The predicted molar refractivity (Wildman–Crippen MR) is 100.0 cm³/mol. The monoisotopic (exact) mass is 437 g/mol. The smallest absolute Gasteiger partial charge is 0.193 e. The number of ether oxygens (including phenoxy) is 4. The molecular weight excluding hydrogens is 413 g/mol. The molecule has 8 heteroatoms. The summed E-state index contributed by atoms with van der Waals surface area (Å²) in [5, 5.41) is 3.02.